The van der Waals surface area contributed by atoms with Crippen molar-refractivity contribution in [1.82, 2.24) is 5.32 Å². The van der Waals surface area contributed by atoms with Crippen LogP contribution in [0.25, 0.3) is 0 Å². The first kappa shape index (κ1) is 14.4. The summed E-state index contributed by atoms with van der Waals surface area (Å²) < 4.78 is 37.7. The van der Waals surface area contributed by atoms with Crippen molar-refractivity contribution in [1.29, 1.82) is 0 Å². The molecule has 1 aliphatic rings. The van der Waals surface area contributed by atoms with Crippen LogP contribution >= 0.6 is 0 Å². The van der Waals surface area contributed by atoms with Gasteiger partial charge in [-0.1, -0.05) is 31.9 Å². The van der Waals surface area contributed by atoms with Crippen molar-refractivity contribution in [3.8, 4) is 0 Å². The lowest BCUT2D eigenvalue weighted by molar-refractivity contribution is -0.137. The van der Waals surface area contributed by atoms with Crippen molar-refractivity contribution in [3.63, 3.8) is 0 Å². The van der Waals surface area contributed by atoms with Crippen LogP contribution in [-0.2, 0) is 6.18 Å². The van der Waals surface area contributed by atoms with E-state index in [0.29, 0.717) is 5.92 Å². The maximum absolute atomic E-state index is 12.6. The molecule has 1 saturated carbocycles. The third-order valence-corrected chi connectivity index (χ3v) is 3.89. The fourth-order valence-corrected chi connectivity index (χ4v) is 2.95. The Kier molecular flexibility index (Phi) is 4.50. The van der Waals surface area contributed by atoms with Crippen LogP contribution in [0.2, 0.25) is 0 Å². The maximum atomic E-state index is 12.6. The molecule has 1 aromatic rings. The summed E-state index contributed by atoms with van der Waals surface area (Å²) in [6.07, 6.45) is 0.539. The minimum absolute atomic E-state index is 0.190. The van der Waals surface area contributed by atoms with Gasteiger partial charge in [-0.25, -0.2) is 0 Å². The fraction of sp³-hybridized carbons (Fsp3) is 0.600. The summed E-state index contributed by atoms with van der Waals surface area (Å²) in [7, 11) is 0. The van der Waals surface area contributed by atoms with Gasteiger partial charge in [0.2, 0.25) is 0 Å². The molecule has 0 aromatic heterocycles. The van der Waals surface area contributed by atoms with Crippen molar-refractivity contribution in [2.24, 2.45) is 5.92 Å². The molecule has 1 N–H and O–H groups in total. The minimum atomic E-state index is -4.25. The van der Waals surface area contributed by atoms with Gasteiger partial charge in [-0.15, -0.1) is 0 Å². The van der Waals surface area contributed by atoms with E-state index >= 15 is 0 Å². The molecule has 0 heterocycles. The minimum Gasteiger partial charge on any atom is -0.310 e. The van der Waals surface area contributed by atoms with E-state index in [1.165, 1.54) is 37.8 Å². The first-order valence-corrected chi connectivity index (χ1v) is 6.93. The van der Waals surface area contributed by atoms with E-state index in [2.05, 4.69) is 5.32 Å². The maximum Gasteiger partial charge on any atom is 0.416 e. The lowest BCUT2D eigenvalue weighted by Crippen LogP contribution is -2.27. The molecule has 0 radical (unpaired) electrons. The van der Waals surface area contributed by atoms with Crippen LogP contribution < -0.4 is 5.32 Å². The Balaban J connectivity index is 2.17. The van der Waals surface area contributed by atoms with Gasteiger partial charge in [-0.2, -0.15) is 13.2 Å². The molecule has 1 fully saturated rings. The van der Waals surface area contributed by atoms with Crippen LogP contribution in [0.15, 0.2) is 24.3 Å². The van der Waals surface area contributed by atoms with Crippen LogP contribution in [-0.4, -0.2) is 6.54 Å². The van der Waals surface area contributed by atoms with E-state index in [1.54, 1.807) is 12.1 Å². The number of hydrogen-bond acceptors (Lipinski definition) is 1. The number of benzene rings is 1. The van der Waals surface area contributed by atoms with Crippen LogP contribution in [0, 0.1) is 5.92 Å². The molecule has 2 rings (SSSR count). The molecule has 0 amide bonds. The third kappa shape index (κ3) is 3.50. The van der Waals surface area contributed by atoms with Gasteiger partial charge in [0.15, 0.2) is 0 Å². The lowest BCUT2D eigenvalue weighted by Gasteiger charge is -2.25. The molecule has 1 atom stereocenters. The Labute approximate surface area is 112 Å². The largest absolute Gasteiger partial charge is 0.416 e. The van der Waals surface area contributed by atoms with E-state index in [-0.39, 0.29) is 6.04 Å². The van der Waals surface area contributed by atoms with Crippen molar-refractivity contribution in [2.45, 2.75) is 44.8 Å². The van der Waals surface area contributed by atoms with Gasteiger partial charge in [0.05, 0.1) is 5.56 Å². The summed E-state index contributed by atoms with van der Waals surface area (Å²) in [5, 5.41) is 3.42. The monoisotopic (exact) mass is 271 g/mol. The SMILES string of the molecule is CCNC(c1ccc(C(F)(F)F)cc1)C1CCCC1. The molecule has 1 nitrogen and oxygen atoms in total. The van der Waals surface area contributed by atoms with Crippen molar-refractivity contribution in [2.75, 3.05) is 6.54 Å². The zero-order valence-electron chi connectivity index (χ0n) is 11.1. The predicted molar refractivity (Wildman–Crippen MR) is 69.8 cm³/mol. The average molecular weight is 271 g/mol. The lowest BCUT2D eigenvalue weighted by atomic mass is 9.91. The van der Waals surface area contributed by atoms with E-state index in [4.69, 9.17) is 0 Å². The average Bonchev–Trinajstić information content (AvgIpc) is 2.89. The van der Waals surface area contributed by atoms with Crippen molar-refractivity contribution in [3.05, 3.63) is 35.4 Å². The van der Waals surface area contributed by atoms with Crippen LogP contribution in [0.4, 0.5) is 13.2 Å². The highest BCUT2D eigenvalue weighted by atomic mass is 19.4. The predicted octanol–water partition coefficient (Wildman–Crippen LogP) is 4.55. The molecular formula is C15H20F3N. The molecule has 1 aliphatic carbocycles. The summed E-state index contributed by atoms with van der Waals surface area (Å²) in [5.74, 6) is 0.552. The Hall–Kier alpha value is -1.03. The third-order valence-electron chi connectivity index (χ3n) is 3.89. The standard InChI is InChI=1S/C15H20F3N/c1-2-19-14(11-5-3-4-6-11)12-7-9-13(10-8-12)15(16,17)18/h7-11,14,19H,2-6H2,1H3. The molecule has 1 unspecified atom stereocenters. The molecule has 4 heteroatoms. The van der Waals surface area contributed by atoms with Crippen molar-refractivity contribution < 1.29 is 13.2 Å². The first-order valence-electron chi connectivity index (χ1n) is 6.93. The van der Waals surface area contributed by atoms with Crippen molar-refractivity contribution >= 4 is 0 Å². The molecule has 1 aromatic carbocycles. The van der Waals surface area contributed by atoms with Gasteiger partial charge in [0.25, 0.3) is 0 Å². The second kappa shape index (κ2) is 5.95. The van der Waals surface area contributed by atoms with Gasteiger partial charge in [-0.3, -0.25) is 0 Å². The van der Waals surface area contributed by atoms with E-state index in [0.717, 1.165) is 12.1 Å². The van der Waals surface area contributed by atoms with Crippen LogP contribution in [0.5, 0.6) is 0 Å². The molecule has 0 bridgehead atoms. The second-order valence-electron chi connectivity index (χ2n) is 5.20. The number of alkyl halides is 3. The second-order valence-corrected chi connectivity index (χ2v) is 5.20. The Morgan fingerprint density at radius 1 is 1.16 bits per heavy atom. The number of hydrogen-bond donors (Lipinski definition) is 1. The highest BCUT2D eigenvalue weighted by Gasteiger charge is 2.31. The smallest absolute Gasteiger partial charge is 0.310 e. The first-order chi connectivity index (χ1) is 9.02. The van der Waals surface area contributed by atoms with Gasteiger partial charge >= 0.3 is 6.18 Å². The topological polar surface area (TPSA) is 12.0 Å². The van der Waals surface area contributed by atoms with Gasteiger partial charge in [0, 0.05) is 6.04 Å². The summed E-state index contributed by atoms with van der Waals surface area (Å²) in [6.45, 7) is 2.87. The molecule has 0 saturated heterocycles. The van der Waals surface area contributed by atoms with E-state index < -0.39 is 11.7 Å². The molecule has 0 aliphatic heterocycles. The number of rotatable bonds is 4. The fourth-order valence-electron chi connectivity index (χ4n) is 2.95. The van der Waals surface area contributed by atoms with Crippen LogP contribution in [0.1, 0.15) is 49.8 Å². The summed E-state index contributed by atoms with van der Waals surface area (Å²) in [4.78, 5) is 0. The summed E-state index contributed by atoms with van der Waals surface area (Å²) in [5.41, 5.74) is 0.402. The number of nitrogens with one attached hydrogen (secondary N) is 1. The zero-order valence-corrected chi connectivity index (χ0v) is 11.1. The highest BCUT2D eigenvalue weighted by molar-refractivity contribution is 5.27. The van der Waals surface area contributed by atoms with E-state index in [1.807, 2.05) is 6.92 Å². The van der Waals surface area contributed by atoms with E-state index in [9.17, 15) is 13.2 Å². The molecule has 106 valence electrons. The normalized spacial score (nSPS) is 18.7. The summed E-state index contributed by atoms with van der Waals surface area (Å²) in [6, 6.07) is 5.81. The highest BCUT2D eigenvalue weighted by Crippen LogP contribution is 2.37. The Morgan fingerprint density at radius 3 is 2.21 bits per heavy atom. The summed E-state index contributed by atoms with van der Waals surface area (Å²) >= 11 is 0. The number of halogens is 3. The Morgan fingerprint density at radius 2 is 1.74 bits per heavy atom. The molecule has 0 spiro atoms. The van der Waals surface area contributed by atoms with Gasteiger partial charge in [-0.05, 0) is 43.0 Å². The Bertz CT molecular complexity index is 391. The molecule has 19 heavy (non-hydrogen) atoms. The van der Waals surface area contributed by atoms with Gasteiger partial charge < -0.3 is 5.32 Å². The molecular weight excluding hydrogens is 251 g/mol. The van der Waals surface area contributed by atoms with Crippen LogP contribution in [0.3, 0.4) is 0 Å². The van der Waals surface area contributed by atoms with Gasteiger partial charge in [0.1, 0.15) is 0 Å². The quantitative estimate of drug-likeness (QED) is 0.847. The zero-order chi connectivity index (χ0) is 13.9.